The molecule has 0 N–H and O–H groups in total. The highest BCUT2D eigenvalue weighted by Crippen LogP contribution is 2.38. The monoisotopic (exact) mass is 428 g/mol. The molecule has 29 heavy (non-hydrogen) atoms. The van der Waals surface area contributed by atoms with Gasteiger partial charge in [0.25, 0.3) is 0 Å². The molecule has 0 bridgehead atoms. The summed E-state index contributed by atoms with van der Waals surface area (Å²) in [5.41, 5.74) is 2.57. The number of benzene rings is 3. The number of halogens is 3. The Bertz CT molecular complexity index is 1120. The predicted octanol–water partition coefficient (Wildman–Crippen LogP) is 6.64. The number of carbonyl (C=O) groups is 1. The van der Waals surface area contributed by atoms with Crippen LogP contribution in [0.1, 0.15) is 27.0 Å². The fraction of sp³-hybridized carbons (Fsp3) is 0.0870. The molecule has 0 aromatic heterocycles. The van der Waals surface area contributed by atoms with Gasteiger partial charge in [0.1, 0.15) is 23.9 Å². The summed E-state index contributed by atoms with van der Waals surface area (Å²) in [7, 11) is 0. The summed E-state index contributed by atoms with van der Waals surface area (Å²) in [4.78, 5) is 12.8. The van der Waals surface area contributed by atoms with E-state index in [-0.39, 0.29) is 24.0 Å². The first-order valence-corrected chi connectivity index (χ1v) is 9.58. The lowest BCUT2D eigenvalue weighted by atomic mass is 10.0. The van der Waals surface area contributed by atoms with Gasteiger partial charge >= 0.3 is 0 Å². The average Bonchev–Trinajstić information content (AvgIpc) is 3.00. The lowest BCUT2D eigenvalue weighted by molar-refractivity contribution is 0.101. The second-order valence-electron chi connectivity index (χ2n) is 6.60. The number of aryl methyl sites for hydroxylation is 1. The first-order valence-electron chi connectivity index (χ1n) is 8.82. The number of Topliss-reactive ketones (excluding diaryl/α,β-unsaturated/α-hetero) is 1. The predicted molar refractivity (Wildman–Crippen MR) is 111 cm³/mol. The van der Waals surface area contributed by atoms with Crippen molar-refractivity contribution in [1.29, 1.82) is 0 Å². The number of ether oxygens (including phenoxy) is 2. The molecule has 0 spiro atoms. The molecule has 1 aliphatic heterocycles. The third kappa shape index (κ3) is 4.00. The van der Waals surface area contributed by atoms with Crippen molar-refractivity contribution in [1.82, 2.24) is 0 Å². The van der Waals surface area contributed by atoms with E-state index in [4.69, 9.17) is 32.7 Å². The maximum atomic E-state index is 13.0. The minimum Gasteiger partial charge on any atom is -0.489 e. The summed E-state index contributed by atoms with van der Waals surface area (Å²) in [5, 5.41) is 0.856. The van der Waals surface area contributed by atoms with Gasteiger partial charge < -0.3 is 9.47 Å². The Hall–Kier alpha value is -2.82. The summed E-state index contributed by atoms with van der Waals surface area (Å²) in [6.07, 6.45) is 1.55. The van der Waals surface area contributed by atoms with Crippen LogP contribution >= 0.6 is 23.2 Å². The van der Waals surface area contributed by atoms with Gasteiger partial charge in [0, 0.05) is 21.7 Å². The molecular weight excluding hydrogens is 414 g/mol. The minimum atomic E-state index is -0.299. The third-order valence-electron chi connectivity index (χ3n) is 4.54. The van der Waals surface area contributed by atoms with Gasteiger partial charge in [0.05, 0.1) is 5.56 Å². The number of hydrogen-bond acceptors (Lipinski definition) is 3. The van der Waals surface area contributed by atoms with E-state index in [1.54, 1.807) is 48.5 Å². The third-order valence-corrected chi connectivity index (χ3v) is 5.20. The molecule has 0 fully saturated rings. The lowest BCUT2D eigenvalue weighted by Crippen LogP contribution is -2.00. The number of ketones is 1. The molecule has 146 valence electrons. The number of fused-ring (bicyclic) bond motifs is 1. The zero-order valence-electron chi connectivity index (χ0n) is 15.3. The van der Waals surface area contributed by atoms with Crippen molar-refractivity contribution in [2.45, 2.75) is 13.5 Å². The second-order valence-corrected chi connectivity index (χ2v) is 7.42. The van der Waals surface area contributed by atoms with Gasteiger partial charge in [-0.3, -0.25) is 4.79 Å². The minimum absolute atomic E-state index is 0.147. The normalized spacial score (nSPS) is 14.1. The highest BCUT2D eigenvalue weighted by atomic mass is 35.5. The highest BCUT2D eigenvalue weighted by molar-refractivity contribution is 6.37. The summed E-state index contributed by atoms with van der Waals surface area (Å²) >= 11 is 12.4. The van der Waals surface area contributed by atoms with E-state index in [0.717, 1.165) is 11.1 Å². The molecule has 0 saturated heterocycles. The van der Waals surface area contributed by atoms with Crippen LogP contribution in [-0.2, 0) is 6.61 Å². The number of carbonyl (C=O) groups excluding carboxylic acids is 1. The van der Waals surface area contributed by atoms with E-state index in [9.17, 15) is 9.18 Å². The molecule has 0 saturated carbocycles. The van der Waals surface area contributed by atoms with E-state index in [0.29, 0.717) is 32.7 Å². The van der Waals surface area contributed by atoms with Crippen LogP contribution in [0.3, 0.4) is 0 Å². The molecule has 1 heterocycles. The van der Waals surface area contributed by atoms with Gasteiger partial charge in [-0.2, -0.15) is 0 Å². The van der Waals surface area contributed by atoms with Crippen molar-refractivity contribution in [2.24, 2.45) is 0 Å². The van der Waals surface area contributed by atoms with Crippen molar-refractivity contribution < 1.29 is 18.7 Å². The lowest BCUT2D eigenvalue weighted by Gasteiger charge is -2.09. The molecule has 0 atom stereocenters. The fourth-order valence-electron chi connectivity index (χ4n) is 3.09. The first-order chi connectivity index (χ1) is 13.9. The van der Waals surface area contributed by atoms with Crippen LogP contribution in [-0.4, -0.2) is 5.78 Å². The zero-order valence-corrected chi connectivity index (χ0v) is 16.9. The van der Waals surface area contributed by atoms with Crippen molar-refractivity contribution in [2.75, 3.05) is 0 Å². The van der Waals surface area contributed by atoms with E-state index < -0.39 is 0 Å². The first kappa shape index (κ1) is 19.5. The Morgan fingerprint density at radius 1 is 1.07 bits per heavy atom. The topological polar surface area (TPSA) is 35.5 Å². The maximum absolute atomic E-state index is 13.0. The molecule has 4 rings (SSSR count). The second kappa shape index (κ2) is 7.90. The summed E-state index contributed by atoms with van der Waals surface area (Å²) in [6, 6.07) is 14.6. The molecular formula is C23H15Cl2FO3. The Labute approximate surface area is 177 Å². The standard InChI is InChI=1S/C23H15Cl2FO3/c1-13-9-16(28-12-14-5-7-15(26)8-6-14)10-20-22(13)23(27)21(29-20)11-17-18(24)3-2-4-19(17)25/h2-11H,12H2,1H3/b21-11-. The maximum Gasteiger partial charge on any atom is 0.232 e. The van der Waals surface area contributed by atoms with Gasteiger partial charge in [0.15, 0.2) is 5.76 Å². The fourth-order valence-corrected chi connectivity index (χ4v) is 3.59. The van der Waals surface area contributed by atoms with Crippen LogP contribution in [0, 0.1) is 12.7 Å². The Morgan fingerprint density at radius 3 is 2.45 bits per heavy atom. The van der Waals surface area contributed by atoms with Crippen LogP contribution in [0.15, 0.2) is 60.4 Å². The van der Waals surface area contributed by atoms with Crippen LogP contribution in [0.4, 0.5) is 4.39 Å². The van der Waals surface area contributed by atoms with Crippen LogP contribution < -0.4 is 9.47 Å². The van der Waals surface area contributed by atoms with Crippen LogP contribution in [0.5, 0.6) is 11.5 Å². The molecule has 6 heteroatoms. The number of allylic oxidation sites excluding steroid dienone is 1. The smallest absolute Gasteiger partial charge is 0.232 e. The van der Waals surface area contributed by atoms with Gasteiger partial charge in [-0.05, 0) is 54.5 Å². The van der Waals surface area contributed by atoms with Crippen molar-refractivity contribution >= 4 is 35.1 Å². The molecule has 0 aliphatic carbocycles. The summed E-state index contributed by atoms with van der Waals surface area (Å²) < 4.78 is 24.6. The van der Waals surface area contributed by atoms with E-state index in [1.165, 1.54) is 12.1 Å². The summed E-state index contributed by atoms with van der Waals surface area (Å²) in [6.45, 7) is 2.08. The highest BCUT2D eigenvalue weighted by Gasteiger charge is 2.30. The van der Waals surface area contributed by atoms with Gasteiger partial charge in [-0.1, -0.05) is 41.4 Å². The molecule has 0 unspecified atom stereocenters. The molecule has 3 aromatic rings. The van der Waals surface area contributed by atoms with Gasteiger partial charge in [-0.25, -0.2) is 4.39 Å². The van der Waals surface area contributed by atoms with Crippen molar-refractivity contribution in [3.05, 3.63) is 98.5 Å². The van der Waals surface area contributed by atoms with Gasteiger partial charge in [-0.15, -0.1) is 0 Å². The van der Waals surface area contributed by atoms with Crippen LogP contribution in [0.2, 0.25) is 10.0 Å². The SMILES string of the molecule is Cc1cc(OCc2ccc(F)cc2)cc2c1C(=O)/C(=C/c1c(Cl)cccc1Cl)O2. The zero-order chi connectivity index (χ0) is 20.5. The molecule has 3 aromatic carbocycles. The molecule has 3 nitrogen and oxygen atoms in total. The van der Waals surface area contributed by atoms with Crippen molar-refractivity contribution in [3.8, 4) is 11.5 Å². The van der Waals surface area contributed by atoms with Crippen molar-refractivity contribution in [3.63, 3.8) is 0 Å². The Morgan fingerprint density at radius 2 is 1.76 bits per heavy atom. The molecule has 1 aliphatic rings. The Balaban J connectivity index is 1.59. The average molecular weight is 429 g/mol. The van der Waals surface area contributed by atoms with E-state index >= 15 is 0 Å². The van der Waals surface area contributed by atoms with E-state index in [1.807, 2.05) is 6.92 Å². The summed E-state index contributed by atoms with van der Waals surface area (Å²) in [5.74, 6) is 0.577. The largest absolute Gasteiger partial charge is 0.489 e. The number of rotatable bonds is 4. The Kier molecular flexibility index (Phi) is 5.31. The van der Waals surface area contributed by atoms with E-state index in [2.05, 4.69) is 0 Å². The van der Waals surface area contributed by atoms with Gasteiger partial charge in [0.2, 0.25) is 5.78 Å². The number of hydrogen-bond donors (Lipinski definition) is 0. The molecule has 0 radical (unpaired) electrons. The molecule has 0 amide bonds. The quantitative estimate of drug-likeness (QED) is 0.437. The van der Waals surface area contributed by atoms with Crippen LogP contribution in [0.25, 0.3) is 6.08 Å².